The number of nitriles is 1. The van der Waals surface area contributed by atoms with Crippen LogP contribution in [-0.4, -0.2) is 8.42 Å². The van der Waals surface area contributed by atoms with Gasteiger partial charge in [-0.1, -0.05) is 18.2 Å². The first-order chi connectivity index (χ1) is 9.44. The summed E-state index contributed by atoms with van der Waals surface area (Å²) in [4.78, 5) is -0.154. The van der Waals surface area contributed by atoms with E-state index >= 15 is 0 Å². The number of rotatable bonds is 3. The predicted octanol–water partition coefficient (Wildman–Crippen LogP) is 2.81. The minimum atomic E-state index is -3.85. The largest absolute Gasteiger partial charge is 0.279 e. The van der Waals surface area contributed by atoms with E-state index in [1.165, 1.54) is 0 Å². The van der Waals surface area contributed by atoms with E-state index in [0.717, 1.165) is 23.8 Å². The molecule has 0 aliphatic carbocycles. The lowest BCUT2D eigenvalue weighted by atomic mass is 10.2. The minimum absolute atomic E-state index is 0.154. The number of benzene rings is 2. The van der Waals surface area contributed by atoms with E-state index < -0.39 is 15.8 Å². The number of hydrogen-bond acceptors (Lipinski definition) is 3. The number of nitrogens with zero attached hydrogens (tertiary/aromatic N) is 1. The maximum Gasteiger partial charge on any atom is 0.261 e. The third-order valence-electron chi connectivity index (χ3n) is 2.76. The van der Waals surface area contributed by atoms with Crippen LogP contribution in [0.15, 0.2) is 47.4 Å². The molecule has 0 amide bonds. The molecule has 0 spiro atoms. The lowest BCUT2D eigenvalue weighted by Gasteiger charge is -2.10. The summed E-state index contributed by atoms with van der Waals surface area (Å²) in [7, 11) is -3.85. The second kappa shape index (κ2) is 5.31. The zero-order valence-corrected chi connectivity index (χ0v) is 11.4. The van der Waals surface area contributed by atoms with Gasteiger partial charge in [-0.3, -0.25) is 4.72 Å². The third kappa shape index (κ3) is 2.78. The van der Waals surface area contributed by atoms with Crippen molar-refractivity contribution in [3.8, 4) is 6.07 Å². The highest BCUT2D eigenvalue weighted by Gasteiger charge is 2.17. The molecule has 2 aromatic rings. The van der Waals surface area contributed by atoms with Crippen molar-refractivity contribution in [2.24, 2.45) is 0 Å². The van der Waals surface area contributed by atoms with Crippen LogP contribution in [0, 0.1) is 24.1 Å². The molecule has 0 aromatic heterocycles. The first kappa shape index (κ1) is 14.0. The smallest absolute Gasteiger partial charge is 0.261 e. The summed E-state index contributed by atoms with van der Waals surface area (Å²) in [6, 6.07) is 11.6. The highest BCUT2D eigenvalue weighted by Crippen LogP contribution is 2.20. The van der Waals surface area contributed by atoms with Gasteiger partial charge in [-0.2, -0.15) is 5.26 Å². The van der Waals surface area contributed by atoms with E-state index in [2.05, 4.69) is 4.72 Å². The number of nitrogens with one attached hydrogen (secondary N) is 1. The Morgan fingerprint density at radius 2 is 1.90 bits per heavy atom. The van der Waals surface area contributed by atoms with E-state index in [-0.39, 0.29) is 10.5 Å². The predicted molar refractivity (Wildman–Crippen MR) is 73.1 cm³/mol. The number of anilines is 1. The average Bonchev–Trinajstić information content (AvgIpc) is 2.41. The highest BCUT2D eigenvalue weighted by molar-refractivity contribution is 7.92. The Kier molecular flexibility index (Phi) is 3.72. The first-order valence-electron chi connectivity index (χ1n) is 5.72. The molecule has 0 radical (unpaired) electrons. The Hall–Kier alpha value is -2.39. The Bertz CT molecular complexity index is 795. The molecular formula is C14H11FN2O2S. The second-order valence-corrected chi connectivity index (χ2v) is 5.86. The van der Waals surface area contributed by atoms with Gasteiger partial charge >= 0.3 is 0 Å². The van der Waals surface area contributed by atoms with Crippen molar-refractivity contribution in [1.82, 2.24) is 0 Å². The average molecular weight is 290 g/mol. The number of aryl methyl sites for hydroxylation is 1. The number of halogens is 1. The summed E-state index contributed by atoms with van der Waals surface area (Å²) < 4.78 is 40.0. The quantitative estimate of drug-likeness (QED) is 0.945. The van der Waals surface area contributed by atoms with Gasteiger partial charge in [-0.25, -0.2) is 12.8 Å². The number of hydrogen-bond donors (Lipinski definition) is 1. The van der Waals surface area contributed by atoms with Crippen LogP contribution in [0.3, 0.4) is 0 Å². The van der Waals surface area contributed by atoms with Gasteiger partial charge in [0.05, 0.1) is 16.1 Å². The van der Waals surface area contributed by atoms with Gasteiger partial charge < -0.3 is 0 Å². The van der Waals surface area contributed by atoms with Gasteiger partial charge in [0.25, 0.3) is 10.0 Å². The Labute approximate surface area is 116 Å². The van der Waals surface area contributed by atoms with Crippen molar-refractivity contribution in [2.45, 2.75) is 11.8 Å². The van der Waals surface area contributed by atoms with Crippen molar-refractivity contribution in [3.05, 3.63) is 59.4 Å². The van der Waals surface area contributed by atoms with Crippen molar-refractivity contribution in [2.75, 3.05) is 4.72 Å². The molecule has 0 saturated heterocycles. The molecule has 0 fully saturated rings. The molecule has 0 aliphatic heterocycles. The molecule has 6 heteroatoms. The van der Waals surface area contributed by atoms with Crippen LogP contribution in [0.1, 0.15) is 11.1 Å². The molecule has 0 bridgehead atoms. The topological polar surface area (TPSA) is 70.0 Å². The van der Waals surface area contributed by atoms with Crippen molar-refractivity contribution >= 4 is 15.7 Å². The summed E-state index contributed by atoms with van der Waals surface area (Å²) in [5, 5.41) is 8.74. The summed E-state index contributed by atoms with van der Waals surface area (Å²) in [5.41, 5.74) is 0.895. The van der Waals surface area contributed by atoms with Gasteiger partial charge in [0.2, 0.25) is 0 Å². The summed E-state index contributed by atoms with van der Waals surface area (Å²) in [6.45, 7) is 1.77. The molecule has 1 N–H and O–H groups in total. The Balaban J connectivity index is 2.42. The van der Waals surface area contributed by atoms with Crippen molar-refractivity contribution in [1.29, 1.82) is 5.26 Å². The first-order valence-corrected chi connectivity index (χ1v) is 7.20. The lowest BCUT2D eigenvalue weighted by Crippen LogP contribution is -2.14. The summed E-state index contributed by atoms with van der Waals surface area (Å²) in [6.07, 6.45) is 0. The zero-order valence-electron chi connectivity index (χ0n) is 10.6. The molecule has 0 aliphatic rings. The van der Waals surface area contributed by atoms with Gasteiger partial charge in [-0.05, 0) is 36.8 Å². The van der Waals surface area contributed by atoms with Gasteiger partial charge in [-0.15, -0.1) is 0 Å². The zero-order chi connectivity index (χ0) is 14.8. The van der Waals surface area contributed by atoms with E-state index in [0.29, 0.717) is 5.69 Å². The van der Waals surface area contributed by atoms with E-state index in [4.69, 9.17) is 5.26 Å². The molecule has 0 unspecified atom stereocenters. The van der Waals surface area contributed by atoms with Gasteiger partial charge in [0, 0.05) is 0 Å². The fourth-order valence-electron chi connectivity index (χ4n) is 1.65. The van der Waals surface area contributed by atoms with Gasteiger partial charge in [0.1, 0.15) is 11.9 Å². The minimum Gasteiger partial charge on any atom is -0.279 e. The standard InChI is InChI=1S/C14H11FN2O2S/c1-10-4-2-3-5-14(10)17-20(18,19)12-6-7-13(15)11(8-12)9-16/h2-8,17H,1H3. The fraction of sp³-hybridized carbons (Fsp3) is 0.0714. The Morgan fingerprint density at radius 3 is 2.55 bits per heavy atom. The molecule has 4 nitrogen and oxygen atoms in total. The SMILES string of the molecule is Cc1ccccc1NS(=O)(=O)c1ccc(F)c(C#N)c1. The van der Waals surface area contributed by atoms with Crippen LogP contribution < -0.4 is 4.72 Å². The van der Waals surface area contributed by atoms with Crippen LogP contribution in [0.25, 0.3) is 0 Å². The lowest BCUT2D eigenvalue weighted by molar-refractivity contribution is 0.599. The molecule has 0 heterocycles. The van der Waals surface area contributed by atoms with Crippen LogP contribution in [0.2, 0.25) is 0 Å². The van der Waals surface area contributed by atoms with Crippen molar-refractivity contribution < 1.29 is 12.8 Å². The van der Waals surface area contributed by atoms with Crippen molar-refractivity contribution in [3.63, 3.8) is 0 Å². The molecule has 2 aromatic carbocycles. The van der Waals surface area contributed by atoms with E-state index in [1.807, 2.05) is 0 Å². The highest BCUT2D eigenvalue weighted by atomic mass is 32.2. The maximum atomic E-state index is 13.2. The normalized spacial score (nSPS) is 10.8. The molecule has 20 heavy (non-hydrogen) atoms. The monoisotopic (exact) mass is 290 g/mol. The third-order valence-corrected chi connectivity index (χ3v) is 4.12. The molecule has 0 atom stereocenters. The Morgan fingerprint density at radius 1 is 1.20 bits per heavy atom. The molecule has 0 saturated carbocycles. The summed E-state index contributed by atoms with van der Waals surface area (Å²) in [5.74, 6) is -0.748. The number of para-hydroxylation sites is 1. The fourth-order valence-corrected chi connectivity index (χ4v) is 2.80. The van der Waals surface area contributed by atoms with E-state index in [9.17, 15) is 12.8 Å². The summed E-state index contributed by atoms with van der Waals surface area (Å²) >= 11 is 0. The van der Waals surface area contributed by atoms with E-state index in [1.54, 1.807) is 37.3 Å². The van der Waals surface area contributed by atoms with Crippen LogP contribution in [-0.2, 0) is 10.0 Å². The van der Waals surface area contributed by atoms with Crippen LogP contribution in [0.4, 0.5) is 10.1 Å². The maximum absolute atomic E-state index is 13.2. The van der Waals surface area contributed by atoms with Crippen LogP contribution >= 0.6 is 0 Å². The second-order valence-electron chi connectivity index (χ2n) is 4.17. The van der Waals surface area contributed by atoms with Gasteiger partial charge in [0.15, 0.2) is 0 Å². The number of sulfonamides is 1. The molecular weight excluding hydrogens is 279 g/mol. The molecule has 2 rings (SSSR count). The molecule has 102 valence electrons. The van der Waals surface area contributed by atoms with Crippen LogP contribution in [0.5, 0.6) is 0 Å².